The highest BCUT2D eigenvalue weighted by Gasteiger charge is 2.22. The van der Waals surface area contributed by atoms with Gasteiger partial charge < -0.3 is 19.8 Å². The lowest BCUT2D eigenvalue weighted by Crippen LogP contribution is -2.46. The predicted molar refractivity (Wildman–Crippen MR) is 133 cm³/mol. The number of pyridine rings is 2. The van der Waals surface area contributed by atoms with E-state index in [1.165, 1.54) is 0 Å². The topological polar surface area (TPSA) is 71.9 Å². The molecule has 0 aliphatic carbocycles. The summed E-state index contributed by atoms with van der Waals surface area (Å²) in [7, 11) is 0. The minimum Gasteiger partial charge on any atom is -0.494 e. The van der Waals surface area contributed by atoms with Gasteiger partial charge in [0.25, 0.3) is 0 Å². The molecular formula is C26H30N6O. The number of ether oxygens (including phenoxy) is 1. The molecule has 0 unspecified atom stereocenters. The minimum absolute atomic E-state index is 0.725. The molecule has 0 radical (unpaired) electrons. The van der Waals surface area contributed by atoms with Crippen LogP contribution in [0.1, 0.15) is 19.0 Å². The number of nitrogens with two attached hydrogens (primary N) is 1. The average molecular weight is 443 g/mol. The predicted octanol–water partition coefficient (Wildman–Crippen LogP) is 4.09. The Morgan fingerprint density at radius 2 is 1.79 bits per heavy atom. The number of fused-ring (bicyclic) bond motifs is 1. The lowest BCUT2D eigenvalue weighted by atomic mass is 10.1. The van der Waals surface area contributed by atoms with Crippen LogP contribution < -0.4 is 15.4 Å². The summed E-state index contributed by atoms with van der Waals surface area (Å²) in [4.78, 5) is 14.3. The number of nitrogens with zero attached hydrogens (tertiary/aromatic N) is 5. The molecule has 4 heterocycles. The van der Waals surface area contributed by atoms with Gasteiger partial charge in [-0.15, -0.1) is 0 Å². The van der Waals surface area contributed by atoms with Gasteiger partial charge in [-0.25, -0.2) is 9.97 Å². The largest absolute Gasteiger partial charge is 0.494 e. The van der Waals surface area contributed by atoms with Crippen molar-refractivity contribution in [2.75, 3.05) is 43.4 Å². The summed E-state index contributed by atoms with van der Waals surface area (Å²) >= 11 is 0. The molecule has 1 aromatic carbocycles. The van der Waals surface area contributed by atoms with E-state index in [2.05, 4.69) is 44.3 Å². The SMILES string of the molecule is CCCOc1ccc(-c2nc3ccc(N)cn3c2CN2CCN(c3ccccn3)CC2)cc1. The Balaban J connectivity index is 1.39. The van der Waals surface area contributed by atoms with Crippen LogP contribution in [0.25, 0.3) is 16.9 Å². The number of piperazine rings is 1. The molecule has 0 spiro atoms. The van der Waals surface area contributed by atoms with E-state index in [0.717, 1.165) is 85.6 Å². The summed E-state index contributed by atoms with van der Waals surface area (Å²) in [5, 5.41) is 0. The Bertz CT molecular complexity index is 1200. The normalized spacial score (nSPS) is 14.6. The molecule has 33 heavy (non-hydrogen) atoms. The lowest BCUT2D eigenvalue weighted by Gasteiger charge is -2.35. The van der Waals surface area contributed by atoms with E-state index >= 15 is 0 Å². The van der Waals surface area contributed by atoms with Gasteiger partial charge in [0.05, 0.1) is 18.0 Å². The molecule has 0 bridgehead atoms. The summed E-state index contributed by atoms with van der Waals surface area (Å²) in [6.07, 6.45) is 4.83. The van der Waals surface area contributed by atoms with Gasteiger partial charge in [-0.3, -0.25) is 4.90 Å². The van der Waals surface area contributed by atoms with Gasteiger partial charge in [-0.05, 0) is 55.0 Å². The zero-order chi connectivity index (χ0) is 22.6. The van der Waals surface area contributed by atoms with Crippen molar-refractivity contribution in [3.63, 3.8) is 0 Å². The minimum atomic E-state index is 0.725. The van der Waals surface area contributed by atoms with Gasteiger partial charge in [0, 0.05) is 56.4 Å². The Labute approximate surface area is 194 Å². The molecule has 1 fully saturated rings. The molecule has 0 saturated carbocycles. The van der Waals surface area contributed by atoms with Crippen molar-refractivity contribution in [1.29, 1.82) is 0 Å². The maximum Gasteiger partial charge on any atom is 0.137 e. The Morgan fingerprint density at radius 3 is 2.52 bits per heavy atom. The molecule has 1 saturated heterocycles. The first kappa shape index (κ1) is 21.3. The third-order valence-electron chi connectivity index (χ3n) is 6.06. The fraction of sp³-hybridized carbons (Fsp3) is 0.308. The first-order valence-corrected chi connectivity index (χ1v) is 11.6. The number of aromatic nitrogens is 3. The van der Waals surface area contributed by atoms with Crippen LogP contribution in [-0.4, -0.2) is 52.1 Å². The third kappa shape index (κ3) is 4.64. The molecule has 0 atom stereocenters. The molecule has 5 rings (SSSR count). The van der Waals surface area contributed by atoms with Crippen LogP contribution in [0.5, 0.6) is 5.75 Å². The van der Waals surface area contributed by atoms with E-state index in [9.17, 15) is 0 Å². The Hall–Kier alpha value is -3.58. The van der Waals surface area contributed by atoms with Crippen LogP contribution in [0.3, 0.4) is 0 Å². The molecule has 170 valence electrons. The standard InChI is InChI=1S/C26H30N6O/c1-2-17-33-22-9-6-20(7-10-22)26-23(32-18-21(27)8-11-25(32)29-26)19-30-13-15-31(16-14-30)24-5-3-4-12-28-24/h3-12,18H,2,13-17,19,27H2,1H3. The Kier molecular flexibility index (Phi) is 6.13. The van der Waals surface area contributed by atoms with Gasteiger partial charge in [0.1, 0.15) is 17.2 Å². The van der Waals surface area contributed by atoms with E-state index in [1.54, 1.807) is 0 Å². The lowest BCUT2D eigenvalue weighted by molar-refractivity contribution is 0.246. The highest BCUT2D eigenvalue weighted by molar-refractivity contribution is 5.68. The monoisotopic (exact) mass is 442 g/mol. The second kappa shape index (κ2) is 9.50. The molecule has 7 nitrogen and oxygen atoms in total. The van der Waals surface area contributed by atoms with E-state index in [0.29, 0.717) is 0 Å². The first-order chi connectivity index (χ1) is 16.2. The number of benzene rings is 1. The van der Waals surface area contributed by atoms with Crippen LogP contribution in [-0.2, 0) is 6.54 Å². The third-order valence-corrected chi connectivity index (χ3v) is 6.06. The molecule has 2 N–H and O–H groups in total. The number of nitrogen functional groups attached to an aromatic ring is 1. The molecule has 3 aromatic heterocycles. The molecule has 1 aliphatic heterocycles. The fourth-order valence-corrected chi connectivity index (χ4v) is 4.31. The second-order valence-electron chi connectivity index (χ2n) is 8.42. The maximum absolute atomic E-state index is 6.13. The van der Waals surface area contributed by atoms with Crippen molar-refractivity contribution in [3.8, 4) is 17.0 Å². The van der Waals surface area contributed by atoms with Crippen LogP contribution >= 0.6 is 0 Å². The van der Waals surface area contributed by atoms with Crippen LogP contribution in [0, 0.1) is 0 Å². The summed E-state index contributed by atoms with van der Waals surface area (Å²) < 4.78 is 7.90. The number of anilines is 2. The van der Waals surface area contributed by atoms with Gasteiger partial charge in [0.15, 0.2) is 0 Å². The highest BCUT2D eigenvalue weighted by Crippen LogP contribution is 2.28. The van der Waals surface area contributed by atoms with Crippen molar-refractivity contribution in [2.24, 2.45) is 0 Å². The number of hydrogen-bond acceptors (Lipinski definition) is 6. The summed E-state index contributed by atoms with van der Waals surface area (Å²) in [5.41, 5.74) is 11.0. The first-order valence-electron chi connectivity index (χ1n) is 11.6. The number of rotatable bonds is 7. The zero-order valence-corrected chi connectivity index (χ0v) is 19.0. The van der Waals surface area contributed by atoms with Gasteiger partial charge in [0.2, 0.25) is 0 Å². The van der Waals surface area contributed by atoms with Crippen molar-refractivity contribution >= 4 is 17.2 Å². The number of imidazole rings is 1. The summed E-state index contributed by atoms with van der Waals surface area (Å²) in [6, 6.07) is 18.2. The van der Waals surface area contributed by atoms with Crippen LogP contribution in [0.2, 0.25) is 0 Å². The van der Waals surface area contributed by atoms with Crippen LogP contribution in [0.15, 0.2) is 67.0 Å². The second-order valence-corrected chi connectivity index (χ2v) is 8.42. The Morgan fingerprint density at radius 1 is 0.970 bits per heavy atom. The van der Waals surface area contributed by atoms with E-state index in [4.69, 9.17) is 15.5 Å². The van der Waals surface area contributed by atoms with Crippen LogP contribution in [0.4, 0.5) is 11.5 Å². The molecule has 7 heteroatoms. The van der Waals surface area contributed by atoms with Gasteiger partial charge in [-0.1, -0.05) is 13.0 Å². The average Bonchev–Trinajstić information content (AvgIpc) is 3.21. The molecule has 4 aromatic rings. The number of hydrogen-bond donors (Lipinski definition) is 1. The van der Waals surface area contributed by atoms with E-state index in [1.807, 2.05) is 48.8 Å². The zero-order valence-electron chi connectivity index (χ0n) is 19.0. The van der Waals surface area contributed by atoms with Gasteiger partial charge >= 0.3 is 0 Å². The molecule has 1 aliphatic rings. The van der Waals surface area contributed by atoms with Gasteiger partial charge in [-0.2, -0.15) is 0 Å². The van der Waals surface area contributed by atoms with Crippen molar-refractivity contribution in [3.05, 3.63) is 72.7 Å². The smallest absolute Gasteiger partial charge is 0.137 e. The van der Waals surface area contributed by atoms with Crippen molar-refractivity contribution in [1.82, 2.24) is 19.3 Å². The molecular weight excluding hydrogens is 412 g/mol. The highest BCUT2D eigenvalue weighted by atomic mass is 16.5. The van der Waals surface area contributed by atoms with E-state index in [-0.39, 0.29) is 0 Å². The summed E-state index contributed by atoms with van der Waals surface area (Å²) in [5.74, 6) is 1.94. The summed E-state index contributed by atoms with van der Waals surface area (Å²) in [6.45, 7) is 7.49. The quantitative estimate of drug-likeness (QED) is 0.465. The van der Waals surface area contributed by atoms with Crippen molar-refractivity contribution < 1.29 is 4.74 Å². The van der Waals surface area contributed by atoms with E-state index < -0.39 is 0 Å². The maximum atomic E-state index is 6.13. The fourth-order valence-electron chi connectivity index (χ4n) is 4.31. The van der Waals surface area contributed by atoms with Crippen molar-refractivity contribution in [2.45, 2.75) is 19.9 Å². The molecule has 0 amide bonds.